The molecule has 1 saturated heterocycles. The number of nitriles is 1. The van der Waals surface area contributed by atoms with Gasteiger partial charge in [0.25, 0.3) is 11.8 Å². The minimum absolute atomic E-state index is 0.0485. The van der Waals surface area contributed by atoms with Crippen molar-refractivity contribution in [3.8, 4) is 11.8 Å². The van der Waals surface area contributed by atoms with Gasteiger partial charge >= 0.3 is 0 Å². The van der Waals surface area contributed by atoms with Gasteiger partial charge in [0, 0.05) is 5.56 Å². The Bertz CT molecular complexity index is 1230. The summed E-state index contributed by atoms with van der Waals surface area (Å²) in [6.07, 6.45) is 1.54. The number of carbonyl (C=O) groups is 2. The van der Waals surface area contributed by atoms with E-state index in [0.29, 0.717) is 27.0 Å². The number of anilines is 1. The van der Waals surface area contributed by atoms with Gasteiger partial charge in [-0.1, -0.05) is 42.5 Å². The van der Waals surface area contributed by atoms with Gasteiger partial charge in [0.15, 0.2) is 0 Å². The first kappa shape index (κ1) is 20.4. The Kier molecular flexibility index (Phi) is 5.83. The fourth-order valence-electron chi connectivity index (χ4n) is 3.12. The molecule has 1 N–H and O–H groups in total. The van der Waals surface area contributed by atoms with Gasteiger partial charge in [-0.25, -0.2) is 5.01 Å². The zero-order valence-electron chi connectivity index (χ0n) is 16.2. The van der Waals surface area contributed by atoms with E-state index in [2.05, 4.69) is 27.4 Å². The van der Waals surface area contributed by atoms with Crippen LogP contribution < -0.4 is 15.2 Å². The highest BCUT2D eigenvalue weighted by molar-refractivity contribution is 9.10. The van der Waals surface area contributed by atoms with Crippen molar-refractivity contribution in [2.45, 2.75) is 6.61 Å². The summed E-state index contributed by atoms with van der Waals surface area (Å²) >= 11 is 3.47. The maximum Gasteiger partial charge on any atom is 0.282 e. The predicted molar refractivity (Wildman–Crippen MR) is 120 cm³/mol. The molecule has 0 saturated carbocycles. The van der Waals surface area contributed by atoms with Gasteiger partial charge in [-0.3, -0.25) is 15.0 Å². The first-order valence-electron chi connectivity index (χ1n) is 9.39. The van der Waals surface area contributed by atoms with E-state index < -0.39 is 11.8 Å². The minimum atomic E-state index is -0.460. The van der Waals surface area contributed by atoms with Crippen LogP contribution in [0.4, 0.5) is 5.69 Å². The molecule has 1 aliphatic rings. The van der Waals surface area contributed by atoms with Crippen LogP contribution in [0.25, 0.3) is 6.08 Å². The van der Waals surface area contributed by atoms with Gasteiger partial charge in [0.2, 0.25) is 0 Å². The van der Waals surface area contributed by atoms with Gasteiger partial charge < -0.3 is 4.74 Å². The number of hydrogen-bond donors (Lipinski definition) is 1. The summed E-state index contributed by atoms with van der Waals surface area (Å²) in [6.45, 7) is 0.246. The SMILES string of the molecule is N#Cc1ccccc1COc1ccc(/C=C2/C(=O)NN(c3ccccc3)C2=O)cc1Br. The molecule has 6 nitrogen and oxygen atoms in total. The first-order valence-corrected chi connectivity index (χ1v) is 10.2. The van der Waals surface area contributed by atoms with Gasteiger partial charge in [-0.15, -0.1) is 0 Å². The molecule has 0 unspecified atom stereocenters. The lowest BCUT2D eigenvalue weighted by Gasteiger charge is -2.13. The third kappa shape index (κ3) is 4.34. The fraction of sp³-hybridized carbons (Fsp3) is 0.0417. The molecule has 4 rings (SSSR count). The van der Waals surface area contributed by atoms with E-state index in [1.54, 1.807) is 60.7 Å². The van der Waals surface area contributed by atoms with E-state index in [-0.39, 0.29) is 12.2 Å². The Morgan fingerprint density at radius 1 is 1.03 bits per heavy atom. The lowest BCUT2D eigenvalue weighted by Crippen LogP contribution is -2.35. The van der Waals surface area contributed by atoms with Gasteiger partial charge in [-0.05, 0) is 57.9 Å². The number of nitrogens with one attached hydrogen (secondary N) is 1. The second kappa shape index (κ2) is 8.86. The topological polar surface area (TPSA) is 82.4 Å². The highest BCUT2D eigenvalue weighted by Gasteiger charge is 2.34. The maximum absolute atomic E-state index is 12.7. The average molecular weight is 474 g/mol. The molecule has 152 valence electrons. The monoisotopic (exact) mass is 473 g/mol. The summed E-state index contributed by atoms with van der Waals surface area (Å²) in [5.41, 5.74) is 5.24. The highest BCUT2D eigenvalue weighted by Crippen LogP contribution is 2.29. The molecule has 1 heterocycles. The van der Waals surface area contributed by atoms with E-state index in [9.17, 15) is 14.9 Å². The van der Waals surface area contributed by atoms with Crippen molar-refractivity contribution in [3.63, 3.8) is 0 Å². The molecule has 7 heteroatoms. The van der Waals surface area contributed by atoms with Crippen LogP contribution >= 0.6 is 15.9 Å². The Morgan fingerprint density at radius 3 is 2.52 bits per heavy atom. The Hall–Kier alpha value is -3.89. The van der Waals surface area contributed by atoms with Crippen molar-refractivity contribution in [3.05, 3.63) is 99.5 Å². The molecule has 2 amide bonds. The molecule has 1 fully saturated rings. The van der Waals surface area contributed by atoms with Crippen molar-refractivity contribution >= 4 is 39.5 Å². The van der Waals surface area contributed by atoms with E-state index >= 15 is 0 Å². The van der Waals surface area contributed by atoms with Crippen LogP contribution in [0.15, 0.2) is 82.8 Å². The van der Waals surface area contributed by atoms with Crippen LogP contribution in [0, 0.1) is 11.3 Å². The van der Waals surface area contributed by atoms with Gasteiger partial charge in [-0.2, -0.15) is 5.26 Å². The Balaban J connectivity index is 1.51. The lowest BCUT2D eigenvalue weighted by atomic mass is 10.1. The van der Waals surface area contributed by atoms with Crippen LogP contribution in [0.1, 0.15) is 16.7 Å². The zero-order chi connectivity index (χ0) is 21.8. The summed E-state index contributed by atoms with van der Waals surface area (Å²) in [4.78, 5) is 25.0. The quantitative estimate of drug-likeness (QED) is 0.440. The van der Waals surface area contributed by atoms with Crippen LogP contribution in [-0.2, 0) is 16.2 Å². The molecule has 3 aromatic carbocycles. The van der Waals surface area contributed by atoms with E-state index in [1.807, 2.05) is 18.2 Å². The molecule has 31 heavy (non-hydrogen) atoms. The highest BCUT2D eigenvalue weighted by atomic mass is 79.9. The zero-order valence-corrected chi connectivity index (χ0v) is 17.8. The lowest BCUT2D eigenvalue weighted by molar-refractivity contribution is -0.117. The number of amides is 2. The number of rotatable bonds is 5. The standard InChI is InChI=1S/C24H16BrN3O3/c25-21-13-16(10-11-22(21)31-15-18-7-5-4-6-17(18)14-26)12-20-23(29)27-28(24(20)30)19-8-2-1-3-9-19/h1-13H,15H2,(H,27,29)/b20-12-. The van der Waals surface area contributed by atoms with Crippen LogP contribution in [0.5, 0.6) is 5.75 Å². The summed E-state index contributed by atoms with van der Waals surface area (Å²) < 4.78 is 6.50. The molecule has 0 bridgehead atoms. The third-order valence-electron chi connectivity index (χ3n) is 4.69. The second-order valence-corrected chi connectivity index (χ2v) is 7.58. The number of nitrogens with zero attached hydrogens (tertiary/aromatic N) is 2. The number of hydrogen-bond acceptors (Lipinski definition) is 4. The summed E-state index contributed by atoms with van der Waals surface area (Å²) in [5, 5.41) is 10.4. The molecule has 0 spiro atoms. The van der Waals surface area contributed by atoms with Crippen LogP contribution in [0.3, 0.4) is 0 Å². The largest absolute Gasteiger partial charge is 0.488 e. The van der Waals surface area contributed by atoms with Crippen molar-refractivity contribution in [2.24, 2.45) is 0 Å². The summed E-state index contributed by atoms with van der Waals surface area (Å²) in [7, 11) is 0. The number of carbonyl (C=O) groups excluding carboxylic acids is 2. The predicted octanol–water partition coefficient (Wildman–Crippen LogP) is 4.36. The third-order valence-corrected chi connectivity index (χ3v) is 5.31. The summed E-state index contributed by atoms with van der Waals surface area (Å²) in [6, 6.07) is 23.6. The molecule has 3 aromatic rings. The summed E-state index contributed by atoms with van der Waals surface area (Å²) in [5.74, 6) is -0.290. The molecule has 0 atom stereocenters. The molecule has 1 aliphatic heterocycles. The van der Waals surface area contributed by atoms with Gasteiger partial charge in [0.1, 0.15) is 17.9 Å². The molecule has 0 radical (unpaired) electrons. The van der Waals surface area contributed by atoms with Crippen LogP contribution in [-0.4, -0.2) is 11.8 Å². The maximum atomic E-state index is 12.7. The van der Waals surface area contributed by atoms with Crippen molar-refractivity contribution in [2.75, 3.05) is 5.01 Å². The second-order valence-electron chi connectivity index (χ2n) is 6.72. The first-order chi connectivity index (χ1) is 15.1. The number of para-hydroxylation sites is 1. The van der Waals surface area contributed by atoms with Gasteiger partial charge in [0.05, 0.1) is 21.8 Å². The number of hydrazine groups is 1. The van der Waals surface area contributed by atoms with Crippen molar-refractivity contribution in [1.82, 2.24) is 5.43 Å². The smallest absolute Gasteiger partial charge is 0.282 e. The average Bonchev–Trinajstić information content (AvgIpc) is 3.07. The Labute approximate surface area is 187 Å². The number of benzene rings is 3. The number of halogens is 1. The Morgan fingerprint density at radius 2 is 1.77 bits per heavy atom. The normalized spacial score (nSPS) is 14.5. The minimum Gasteiger partial charge on any atom is -0.488 e. The van der Waals surface area contributed by atoms with E-state index in [1.165, 1.54) is 5.01 Å². The van der Waals surface area contributed by atoms with Crippen LogP contribution in [0.2, 0.25) is 0 Å². The van der Waals surface area contributed by atoms with Crippen molar-refractivity contribution < 1.29 is 14.3 Å². The van der Waals surface area contributed by atoms with Crippen molar-refractivity contribution in [1.29, 1.82) is 5.26 Å². The van der Waals surface area contributed by atoms with E-state index in [0.717, 1.165) is 5.56 Å². The molecular weight excluding hydrogens is 458 g/mol. The fourth-order valence-corrected chi connectivity index (χ4v) is 3.63. The molecule has 0 aromatic heterocycles. The molecular formula is C24H16BrN3O3. The number of ether oxygens (including phenoxy) is 1. The molecule has 0 aliphatic carbocycles. The van der Waals surface area contributed by atoms with E-state index in [4.69, 9.17) is 4.74 Å².